The maximum Gasteiger partial charge on any atom is 0.417 e. The Morgan fingerprint density at radius 2 is 1.74 bits per heavy atom. The first kappa shape index (κ1) is 36.3. The van der Waals surface area contributed by atoms with Gasteiger partial charge in [-0.15, -0.1) is 0 Å². The van der Waals surface area contributed by atoms with E-state index in [0.717, 1.165) is 23.5 Å². The third-order valence-electron chi connectivity index (χ3n) is 7.81. The second-order valence-corrected chi connectivity index (χ2v) is 12.4. The molecule has 1 N–H and O–H groups in total. The monoisotopic (exact) mass is 635 g/mol. The molecule has 0 aromatic heterocycles. The molecule has 3 atom stereocenters. The largest absolute Gasteiger partial charge is 0.453 e. The van der Waals surface area contributed by atoms with Gasteiger partial charge in [0.15, 0.2) is 17.7 Å². The van der Waals surface area contributed by atoms with E-state index in [4.69, 9.17) is 19.3 Å². The molecule has 10 heteroatoms. The van der Waals surface area contributed by atoms with Crippen LogP contribution in [0, 0.1) is 18.8 Å². The van der Waals surface area contributed by atoms with Crippen LogP contribution in [0.15, 0.2) is 60.7 Å². The zero-order chi connectivity index (χ0) is 34.0. The van der Waals surface area contributed by atoms with E-state index < -0.39 is 47.4 Å². The van der Waals surface area contributed by atoms with Gasteiger partial charge in [-0.2, -0.15) is 0 Å². The number of amides is 2. The summed E-state index contributed by atoms with van der Waals surface area (Å²) < 4.78 is 16.5. The van der Waals surface area contributed by atoms with Crippen LogP contribution in [0.2, 0.25) is 0 Å². The lowest BCUT2D eigenvalue weighted by Gasteiger charge is -2.34. The molecule has 3 rings (SSSR count). The lowest BCUT2D eigenvalue weighted by molar-refractivity contribution is -0.159. The standard InChI is InChI=1S/C36H45NO9/c1-23(2)33-36(5,6)46-35(43)37(33)34(42)29(21-26-13-8-7-9-14-26)32(45-25(4)39)31(41)22-28(27-15-10-12-24(3)20-27)30(40)16-11-18-44-19-17-38/h7-10,12-15,20,22-23,29,32-33,38H,11,16-19,21H2,1-6H3/t29-,32-,33-/m0/s1. The summed E-state index contributed by atoms with van der Waals surface area (Å²) in [6, 6.07) is 15.4. The van der Waals surface area contributed by atoms with Gasteiger partial charge in [-0.25, -0.2) is 9.69 Å². The van der Waals surface area contributed by atoms with Crippen molar-refractivity contribution in [1.29, 1.82) is 0 Å². The number of Topliss-reactive ketones (excluding diaryl/α,β-unsaturated/α-hetero) is 1. The van der Waals surface area contributed by atoms with Gasteiger partial charge >= 0.3 is 12.1 Å². The van der Waals surface area contributed by atoms with Crippen molar-refractivity contribution in [2.75, 3.05) is 19.8 Å². The van der Waals surface area contributed by atoms with Crippen LogP contribution in [0.5, 0.6) is 0 Å². The number of benzene rings is 2. The van der Waals surface area contributed by atoms with E-state index in [0.29, 0.717) is 17.5 Å². The number of nitrogens with zero attached hydrogens (tertiary/aromatic N) is 1. The van der Waals surface area contributed by atoms with Gasteiger partial charge in [0, 0.05) is 25.5 Å². The summed E-state index contributed by atoms with van der Waals surface area (Å²) in [6.45, 7) is 10.4. The molecule has 248 valence electrons. The number of ether oxygens (including phenoxy) is 3. The molecule has 0 unspecified atom stereocenters. The lowest BCUT2D eigenvalue weighted by atomic mass is 9.85. The van der Waals surface area contributed by atoms with Crippen molar-refractivity contribution in [3.05, 3.63) is 77.4 Å². The van der Waals surface area contributed by atoms with Gasteiger partial charge in [0.1, 0.15) is 5.60 Å². The highest BCUT2D eigenvalue weighted by molar-refractivity contribution is 6.25. The molecule has 0 saturated carbocycles. The minimum atomic E-state index is -1.64. The van der Waals surface area contributed by atoms with Gasteiger partial charge in [0.25, 0.3) is 0 Å². The van der Waals surface area contributed by atoms with Crippen molar-refractivity contribution in [1.82, 2.24) is 4.90 Å². The molecule has 1 aliphatic heterocycles. The van der Waals surface area contributed by atoms with Crippen LogP contribution in [0.3, 0.4) is 0 Å². The Morgan fingerprint density at radius 1 is 1.04 bits per heavy atom. The SMILES string of the molecule is CC(=O)O[C@H](C(=O)C=C(C(=O)CCCOCCO)c1cccc(C)c1)[C@H](Cc1ccccc1)C(=O)N1C(=O)OC(C)(C)[C@@H]1C(C)C. The van der Waals surface area contributed by atoms with Crippen LogP contribution < -0.4 is 0 Å². The summed E-state index contributed by atoms with van der Waals surface area (Å²) in [7, 11) is 0. The van der Waals surface area contributed by atoms with Gasteiger partial charge in [-0.05, 0) is 56.7 Å². The van der Waals surface area contributed by atoms with Crippen LogP contribution in [-0.2, 0) is 39.8 Å². The van der Waals surface area contributed by atoms with Gasteiger partial charge in [-0.1, -0.05) is 74.0 Å². The molecule has 46 heavy (non-hydrogen) atoms. The van der Waals surface area contributed by atoms with Crippen molar-refractivity contribution in [3.8, 4) is 0 Å². The van der Waals surface area contributed by atoms with Crippen molar-refractivity contribution >= 4 is 35.1 Å². The average Bonchev–Trinajstić information content (AvgIpc) is 3.25. The highest BCUT2D eigenvalue weighted by atomic mass is 16.6. The third kappa shape index (κ3) is 9.43. The summed E-state index contributed by atoms with van der Waals surface area (Å²) in [5.41, 5.74) is 1.14. The van der Waals surface area contributed by atoms with Crippen LogP contribution in [0.1, 0.15) is 64.2 Å². The van der Waals surface area contributed by atoms with Gasteiger partial charge in [-0.3, -0.25) is 19.2 Å². The van der Waals surface area contributed by atoms with E-state index >= 15 is 0 Å². The second kappa shape index (κ2) is 16.4. The molecule has 0 spiro atoms. The van der Waals surface area contributed by atoms with Crippen LogP contribution in [-0.4, -0.2) is 77.1 Å². The fourth-order valence-electron chi connectivity index (χ4n) is 5.97. The second-order valence-electron chi connectivity index (χ2n) is 12.4. The Hall–Kier alpha value is -4.15. The van der Waals surface area contributed by atoms with Crippen molar-refractivity contribution in [2.45, 2.75) is 78.6 Å². The molecule has 0 radical (unpaired) electrons. The van der Waals surface area contributed by atoms with E-state index in [1.54, 1.807) is 56.3 Å². The van der Waals surface area contributed by atoms with Crippen LogP contribution >= 0.6 is 0 Å². The van der Waals surface area contributed by atoms with Crippen molar-refractivity contribution in [2.24, 2.45) is 11.8 Å². The van der Waals surface area contributed by atoms with Crippen LogP contribution in [0.4, 0.5) is 4.79 Å². The number of carbonyl (C=O) groups is 5. The Labute approximate surface area is 270 Å². The number of aliphatic hydroxyl groups is 1. The normalized spacial score (nSPS) is 17.4. The highest BCUT2D eigenvalue weighted by Gasteiger charge is 2.54. The van der Waals surface area contributed by atoms with Gasteiger partial charge < -0.3 is 19.3 Å². The molecule has 0 bridgehead atoms. The van der Waals surface area contributed by atoms with E-state index in [9.17, 15) is 24.0 Å². The molecule has 0 aliphatic carbocycles. The first-order valence-electron chi connectivity index (χ1n) is 15.6. The van der Waals surface area contributed by atoms with Crippen LogP contribution in [0.25, 0.3) is 5.57 Å². The minimum Gasteiger partial charge on any atom is -0.453 e. The summed E-state index contributed by atoms with van der Waals surface area (Å²) in [4.78, 5) is 68.8. The quantitative estimate of drug-likeness (QED) is 0.156. The molecule has 1 fully saturated rings. The number of aliphatic hydroxyl groups excluding tert-OH is 1. The summed E-state index contributed by atoms with van der Waals surface area (Å²) >= 11 is 0. The number of hydrogen-bond acceptors (Lipinski definition) is 9. The minimum absolute atomic E-state index is 0.0257. The van der Waals surface area contributed by atoms with Crippen molar-refractivity contribution < 1.29 is 43.3 Å². The maximum atomic E-state index is 14.4. The molecule has 1 saturated heterocycles. The number of carbonyl (C=O) groups excluding carboxylic acids is 5. The molecule has 2 amide bonds. The fourth-order valence-corrected chi connectivity index (χ4v) is 5.97. The smallest absolute Gasteiger partial charge is 0.417 e. The van der Waals surface area contributed by atoms with E-state index in [1.807, 2.05) is 32.9 Å². The Balaban J connectivity index is 2.10. The number of aryl methyl sites for hydroxylation is 1. The van der Waals surface area contributed by atoms with Gasteiger partial charge in [0.2, 0.25) is 5.91 Å². The molecule has 1 heterocycles. The molecular formula is C36H45NO9. The highest BCUT2D eigenvalue weighted by Crippen LogP contribution is 2.36. The summed E-state index contributed by atoms with van der Waals surface area (Å²) in [5.74, 6) is -4.11. The maximum absolute atomic E-state index is 14.4. The molecular weight excluding hydrogens is 590 g/mol. The molecule has 1 aliphatic rings. The molecule has 10 nitrogen and oxygen atoms in total. The molecule has 2 aromatic rings. The zero-order valence-corrected chi connectivity index (χ0v) is 27.5. The number of imide groups is 1. The average molecular weight is 636 g/mol. The van der Waals surface area contributed by atoms with Gasteiger partial charge in [0.05, 0.1) is 25.2 Å². The molecule has 2 aromatic carbocycles. The lowest BCUT2D eigenvalue weighted by Crippen LogP contribution is -2.53. The number of hydrogen-bond donors (Lipinski definition) is 1. The first-order chi connectivity index (χ1) is 21.8. The Bertz CT molecular complexity index is 1430. The summed E-state index contributed by atoms with van der Waals surface area (Å²) in [6.07, 6.45) is -0.972. The first-order valence-corrected chi connectivity index (χ1v) is 15.6. The topological polar surface area (TPSA) is 137 Å². The number of allylic oxidation sites excluding steroid dienone is 1. The number of ketones is 2. The van der Waals surface area contributed by atoms with E-state index in [2.05, 4.69) is 0 Å². The Kier molecular flexibility index (Phi) is 13.0. The zero-order valence-electron chi connectivity index (χ0n) is 27.5. The van der Waals surface area contributed by atoms with E-state index in [-0.39, 0.29) is 49.9 Å². The summed E-state index contributed by atoms with van der Waals surface area (Å²) in [5, 5.41) is 8.95. The third-order valence-corrected chi connectivity index (χ3v) is 7.81. The number of rotatable bonds is 16. The predicted molar refractivity (Wildman–Crippen MR) is 172 cm³/mol. The van der Waals surface area contributed by atoms with Crippen molar-refractivity contribution in [3.63, 3.8) is 0 Å². The number of esters is 1. The number of cyclic esters (lactones) is 1. The Morgan fingerprint density at radius 3 is 2.35 bits per heavy atom. The predicted octanol–water partition coefficient (Wildman–Crippen LogP) is 4.88. The van der Waals surface area contributed by atoms with E-state index in [1.165, 1.54) is 0 Å². The fraction of sp³-hybridized carbons (Fsp3) is 0.472.